The van der Waals surface area contributed by atoms with E-state index in [9.17, 15) is 19.2 Å². The zero-order valence-corrected chi connectivity index (χ0v) is 21.5. The number of carbonyl (C=O) groups excluding carboxylic acids is 4. The molecule has 0 fully saturated rings. The van der Waals surface area contributed by atoms with Gasteiger partial charge in [-0.05, 0) is 51.3 Å². The van der Waals surface area contributed by atoms with Crippen molar-refractivity contribution in [3.05, 3.63) is 47.5 Å². The number of amides is 3. The Labute approximate surface area is 206 Å². The number of aryl methyl sites for hydroxylation is 2. The molecule has 0 aliphatic heterocycles. The number of nitrogens with one attached hydrogen (secondary N) is 2. The highest BCUT2D eigenvalue weighted by molar-refractivity contribution is 7.80. The molecule has 3 amide bonds. The van der Waals surface area contributed by atoms with Crippen LogP contribution < -0.4 is 10.6 Å². The molecular weight excluding hydrogens is 458 g/mol. The van der Waals surface area contributed by atoms with Gasteiger partial charge in [-0.15, -0.1) is 6.58 Å². The van der Waals surface area contributed by atoms with Crippen LogP contribution in [0.25, 0.3) is 0 Å². The molecule has 2 N–H and O–H groups in total. The van der Waals surface area contributed by atoms with Gasteiger partial charge in [-0.2, -0.15) is 12.6 Å². The molecule has 0 aliphatic rings. The Hall–Kier alpha value is -3.01. The molecule has 0 saturated heterocycles. The predicted octanol–water partition coefficient (Wildman–Crippen LogP) is 2.47. The fourth-order valence-electron chi connectivity index (χ4n) is 3.31. The van der Waals surface area contributed by atoms with Crippen molar-refractivity contribution in [2.24, 2.45) is 0 Å². The van der Waals surface area contributed by atoms with E-state index in [0.29, 0.717) is 5.56 Å². The fourth-order valence-corrected chi connectivity index (χ4v) is 3.56. The summed E-state index contributed by atoms with van der Waals surface area (Å²) in [7, 11) is 1.21. The first kappa shape index (κ1) is 29.0. The number of hydrogen-bond acceptors (Lipinski definition) is 7. The van der Waals surface area contributed by atoms with Crippen LogP contribution in [-0.4, -0.2) is 66.4 Å². The molecule has 10 heteroatoms. The number of rotatable bonds is 10. The third-order valence-electron chi connectivity index (χ3n) is 4.79. The fraction of sp³-hybridized carbons (Fsp3) is 0.500. The number of hydrogen-bond donors (Lipinski definition) is 3. The topological polar surface area (TPSA) is 114 Å². The van der Waals surface area contributed by atoms with Crippen molar-refractivity contribution in [3.8, 4) is 0 Å². The average Bonchev–Trinajstić information content (AvgIpc) is 2.75. The summed E-state index contributed by atoms with van der Waals surface area (Å²) in [5.41, 5.74) is 1.41. The zero-order valence-electron chi connectivity index (χ0n) is 20.6. The third-order valence-corrected chi connectivity index (χ3v) is 5.16. The number of nitrogens with zero attached hydrogens (tertiary/aromatic N) is 1. The van der Waals surface area contributed by atoms with E-state index in [1.54, 1.807) is 20.8 Å². The predicted molar refractivity (Wildman–Crippen MR) is 133 cm³/mol. The van der Waals surface area contributed by atoms with Gasteiger partial charge in [0.25, 0.3) is 0 Å². The lowest BCUT2D eigenvalue weighted by atomic mass is 9.93. The maximum Gasteiger partial charge on any atom is 0.408 e. The molecule has 9 nitrogen and oxygen atoms in total. The molecule has 1 aromatic carbocycles. The van der Waals surface area contributed by atoms with Gasteiger partial charge in [0.2, 0.25) is 11.8 Å². The number of carbonyl (C=O) groups is 4. The van der Waals surface area contributed by atoms with E-state index in [1.165, 1.54) is 18.1 Å². The van der Waals surface area contributed by atoms with Crippen LogP contribution in [0.15, 0.2) is 30.9 Å². The van der Waals surface area contributed by atoms with Crippen molar-refractivity contribution >= 4 is 36.5 Å². The van der Waals surface area contributed by atoms with Crippen molar-refractivity contribution in [1.82, 2.24) is 15.5 Å². The summed E-state index contributed by atoms with van der Waals surface area (Å²) in [5, 5.41) is 5.06. The summed E-state index contributed by atoms with van der Waals surface area (Å²) in [5.74, 6) is -1.79. The second-order valence-corrected chi connectivity index (χ2v) is 9.03. The first-order valence-corrected chi connectivity index (χ1v) is 11.4. The normalized spacial score (nSPS) is 12.7. The summed E-state index contributed by atoms with van der Waals surface area (Å²) in [4.78, 5) is 52.2. The molecule has 0 aromatic heterocycles. The van der Waals surface area contributed by atoms with E-state index in [-0.39, 0.29) is 18.8 Å². The quantitative estimate of drug-likeness (QED) is 0.262. The lowest BCUT2D eigenvalue weighted by Gasteiger charge is -2.34. The molecule has 0 radical (unpaired) electrons. The van der Waals surface area contributed by atoms with Gasteiger partial charge in [-0.3, -0.25) is 14.4 Å². The Balaban J connectivity index is 3.43. The standard InChI is InChI=1S/C24H35N3O6S/c1-8-12-27(22(30)17(14-34)26-23(31)33-24(4,5)6)20(21(29)25-13-18(28)32-7)19-15(2)10-9-11-16(19)3/h8-11,17,20,34H,1,12-14H2,2-7H3,(H,25,29)(H,26,31). The van der Waals surface area contributed by atoms with Crippen LogP contribution in [0.5, 0.6) is 0 Å². The molecule has 188 valence electrons. The van der Waals surface area contributed by atoms with Gasteiger partial charge in [-0.1, -0.05) is 24.3 Å². The monoisotopic (exact) mass is 493 g/mol. The lowest BCUT2D eigenvalue weighted by Crippen LogP contribution is -2.54. The number of alkyl carbamates (subject to hydrolysis) is 1. The van der Waals surface area contributed by atoms with E-state index >= 15 is 0 Å². The second-order valence-electron chi connectivity index (χ2n) is 8.66. The van der Waals surface area contributed by atoms with Crippen molar-refractivity contribution in [3.63, 3.8) is 0 Å². The van der Waals surface area contributed by atoms with Gasteiger partial charge < -0.3 is 25.0 Å². The Morgan fingerprint density at radius 3 is 2.24 bits per heavy atom. The van der Waals surface area contributed by atoms with Crippen LogP contribution in [0, 0.1) is 13.8 Å². The summed E-state index contributed by atoms with van der Waals surface area (Å²) in [6, 6.07) is 3.33. The van der Waals surface area contributed by atoms with Gasteiger partial charge >= 0.3 is 12.1 Å². The molecule has 0 bridgehead atoms. The van der Waals surface area contributed by atoms with Crippen molar-refractivity contribution in [1.29, 1.82) is 0 Å². The van der Waals surface area contributed by atoms with Crippen LogP contribution in [0.4, 0.5) is 4.79 Å². The van der Waals surface area contributed by atoms with Gasteiger partial charge in [0.1, 0.15) is 24.2 Å². The van der Waals surface area contributed by atoms with E-state index in [2.05, 4.69) is 34.6 Å². The van der Waals surface area contributed by atoms with Crippen LogP contribution in [0.2, 0.25) is 0 Å². The zero-order chi connectivity index (χ0) is 26.1. The summed E-state index contributed by atoms with van der Waals surface area (Å²) < 4.78 is 9.87. The van der Waals surface area contributed by atoms with E-state index in [1.807, 2.05) is 32.0 Å². The molecule has 2 unspecified atom stereocenters. The number of esters is 1. The van der Waals surface area contributed by atoms with E-state index in [4.69, 9.17) is 4.74 Å². The van der Waals surface area contributed by atoms with Crippen molar-refractivity contribution < 1.29 is 28.7 Å². The number of thiol groups is 1. The summed E-state index contributed by atoms with van der Waals surface area (Å²) in [6.45, 7) is 12.1. The smallest absolute Gasteiger partial charge is 0.408 e. The minimum atomic E-state index is -1.10. The number of benzene rings is 1. The molecule has 1 rings (SSSR count). The molecule has 0 spiro atoms. The molecule has 34 heavy (non-hydrogen) atoms. The first-order valence-electron chi connectivity index (χ1n) is 10.8. The molecular formula is C24H35N3O6S. The van der Waals surface area contributed by atoms with Crippen molar-refractivity contribution in [2.45, 2.75) is 52.3 Å². The number of methoxy groups -OCH3 is 1. The lowest BCUT2D eigenvalue weighted by molar-refractivity contribution is -0.144. The maximum absolute atomic E-state index is 13.6. The highest BCUT2D eigenvalue weighted by Crippen LogP contribution is 2.28. The molecule has 1 aromatic rings. The Kier molecular flexibility index (Phi) is 11.1. The second kappa shape index (κ2) is 13.0. The summed E-state index contributed by atoms with van der Waals surface area (Å²) in [6.07, 6.45) is 0.701. The Morgan fingerprint density at radius 2 is 1.76 bits per heavy atom. The highest BCUT2D eigenvalue weighted by Gasteiger charge is 2.36. The molecule has 2 atom stereocenters. The van der Waals surface area contributed by atoms with Crippen LogP contribution >= 0.6 is 12.6 Å². The van der Waals surface area contributed by atoms with E-state index < -0.39 is 41.6 Å². The summed E-state index contributed by atoms with van der Waals surface area (Å²) >= 11 is 4.23. The largest absolute Gasteiger partial charge is 0.468 e. The molecule has 0 aliphatic carbocycles. The highest BCUT2D eigenvalue weighted by atomic mass is 32.1. The maximum atomic E-state index is 13.6. The van der Waals surface area contributed by atoms with Gasteiger partial charge in [0.15, 0.2) is 0 Å². The SMILES string of the molecule is C=CCN(C(=O)C(CS)NC(=O)OC(C)(C)C)C(C(=O)NCC(=O)OC)c1c(C)cccc1C. The minimum Gasteiger partial charge on any atom is -0.468 e. The van der Waals surface area contributed by atoms with Gasteiger partial charge in [0.05, 0.1) is 7.11 Å². The minimum absolute atomic E-state index is 0.00317. The van der Waals surface area contributed by atoms with Crippen LogP contribution in [0.1, 0.15) is 43.5 Å². The van der Waals surface area contributed by atoms with Crippen LogP contribution in [-0.2, 0) is 23.9 Å². The third kappa shape index (κ3) is 8.40. The first-order chi connectivity index (χ1) is 15.9. The van der Waals surface area contributed by atoms with Gasteiger partial charge in [-0.25, -0.2) is 4.79 Å². The molecule has 0 saturated carbocycles. The Bertz CT molecular complexity index is 892. The van der Waals surface area contributed by atoms with Crippen molar-refractivity contribution in [2.75, 3.05) is 26.0 Å². The van der Waals surface area contributed by atoms with E-state index in [0.717, 1.165) is 11.1 Å². The Morgan fingerprint density at radius 1 is 1.18 bits per heavy atom. The van der Waals surface area contributed by atoms with Gasteiger partial charge in [0, 0.05) is 12.3 Å². The van der Waals surface area contributed by atoms with Crippen LogP contribution in [0.3, 0.4) is 0 Å². The number of ether oxygens (including phenoxy) is 2. The average molecular weight is 494 g/mol. The molecule has 0 heterocycles.